The zero-order valence-electron chi connectivity index (χ0n) is 10.8. The normalized spacial score (nSPS) is 12.6. The van der Waals surface area contributed by atoms with Crippen LogP contribution in [-0.2, 0) is 13.1 Å². The van der Waals surface area contributed by atoms with Crippen LogP contribution >= 0.6 is 0 Å². The summed E-state index contributed by atoms with van der Waals surface area (Å²) in [6.07, 6.45) is 5.46. The first-order valence-corrected chi connectivity index (χ1v) is 6.25. The molecule has 3 nitrogen and oxygen atoms in total. The zero-order valence-corrected chi connectivity index (χ0v) is 10.8. The lowest BCUT2D eigenvalue weighted by Gasteiger charge is -2.13. The van der Waals surface area contributed by atoms with Crippen molar-refractivity contribution in [1.29, 1.82) is 0 Å². The average Bonchev–Trinajstić information content (AvgIpc) is 2.86. The third kappa shape index (κ3) is 4.13. The molecule has 1 unspecified atom stereocenters. The van der Waals surface area contributed by atoms with E-state index in [0.29, 0.717) is 12.5 Å². The van der Waals surface area contributed by atoms with Gasteiger partial charge in [0.05, 0.1) is 6.33 Å². The van der Waals surface area contributed by atoms with E-state index in [1.165, 1.54) is 6.07 Å². The van der Waals surface area contributed by atoms with Crippen molar-refractivity contribution in [1.82, 2.24) is 14.9 Å². The quantitative estimate of drug-likeness (QED) is 0.870. The second-order valence-electron chi connectivity index (χ2n) is 4.74. The summed E-state index contributed by atoms with van der Waals surface area (Å²) in [4.78, 5) is 3.99. The van der Waals surface area contributed by atoms with E-state index in [0.717, 1.165) is 24.7 Å². The summed E-state index contributed by atoms with van der Waals surface area (Å²) in [5.41, 5.74) is 0.744. The van der Waals surface area contributed by atoms with Gasteiger partial charge in [0, 0.05) is 25.5 Å². The monoisotopic (exact) mass is 265 g/mol. The fraction of sp³-hybridized carbons (Fsp3) is 0.357. The molecular formula is C14H17F2N3. The van der Waals surface area contributed by atoms with Crippen molar-refractivity contribution >= 4 is 0 Å². The predicted molar refractivity (Wildman–Crippen MR) is 69.5 cm³/mol. The molecule has 0 aliphatic carbocycles. The number of nitrogens with zero attached hydrogens (tertiary/aromatic N) is 2. The summed E-state index contributed by atoms with van der Waals surface area (Å²) < 4.78 is 27.8. The topological polar surface area (TPSA) is 29.9 Å². The lowest BCUT2D eigenvalue weighted by molar-refractivity contribution is 0.444. The van der Waals surface area contributed by atoms with Gasteiger partial charge in [-0.3, -0.25) is 0 Å². The van der Waals surface area contributed by atoms with Crippen LogP contribution in [0.15, 0.2) is 36.9 Å². The first-order chi connectivity index (χ1) is 9.15. The van der Waals surface area contributed by atoms with E-state index >= 15 is 0 Å². The number of nitrogens with one attached hydrogen (secondary N) is 1. The molecule has 1 aromatic heterocycles. The summed E-state index contributed by atoms with van der Waals surface area (Å²) in [6, 6.07) is 3.97. The summed E-state index contributed by atoms with van der Waals surface area (Å²) in [7, 11) is 0. The fourth-order valence-electron chi connectivity index (χ4n) is 1.93. The molecule has 1 heterocycles. The highest BCUT2D eigenvalue weighted by Gasteiger charge is 2.05. The van der Waals surface area contributed by atoms with Crippen LogP contribution in [-0.4, -0.2) is 16.1 Å². The molecule has 0 spiro atoms. The van der Waals surface area contributed by atoms with Crippen LogP contribution < -0.4 is 5.32 Å². The van der Waals surface area contributed by atoms with Gasteiger partial charge in [-0.1, -0.05) is 13.0 Å². The minimum Gasteiger partial charge on any atom is -0.337 e. The Balaban J connectivity index is 1.75. The molecule has 1 aromatic carbocycles. The molecule has 1 atom stereocenters. The Morgan fingerprint density at radius 3 is 2.84 bits per heavy atom. The van der Waals surface area contributed by atoms with Crippen molar-refractivity contribution in [3.8, 4) is 0 Å². The van der Waals surface area contributed by atoms with Gasteiger partial charge in [-0.05, 0) is 30.2 Å². The van der Waals surface area contributed by atoms with Gasteiger partial charge in [-0.2, -0.15) is 0 Å². The molecule has 102 valence electrons. The Morgan fingerprint density at radius 1 is 1.32 bits per heavy atom. The molecule has 5 heteroatoms. The van der Waals surface area contributed by atoms with Crippen molar-refractivity contribution < 1.29 is 8.78 Å². The van der Waals surface area contributed by atoms with Crippen molar-refractivity contribution in [3.63, 3.8) is 0 Å². The smallest absolute Gasteiger partial charge is 0.159 e. The molecule has 0 radical (unpaired) electrons. The number of rotatable bonds is 6. The third-order valence-corrected chi connectivity index (χ3v) is 2.89. The van der Waals surface area contributed by atoms with E-state index in [1.54, 1.807) is 18.6 Å². The highest BCUT2D eigenvalue weighted by molar-refractivity contribution is 5.17. The van der Waals surface area contributed by atoms with Crippen molar-refractivity contribution in [2.45, 2.75) is 20.0 Å². The summed E-state index contributed by atoms with van der Waals surface area (Å²) in [6.45, 7) is 4.34. The van der Waals surface area contributed by atoms with Gasteiger partial charge in [0.15, 0.2) is 11.6 Å². The molecule has 0 fully saturated rings. The maximum Gasteiger partial charge on any atom is 0.159 e. The number of hydrogen-bond acceptors (Lipinski definition) is 2. The van der Waals surface area contributed by atoms with Crippen LogP contribution in [0.25, 0.3) is 0 Å². The number of halogens is 2. The first-order valence-electron chi connectivity index (χ1n) is 6.25. The molecule has 0 aliphatic rings. The van der Waals surface area contributed by atoms with Crippen LogP contribution in [0.5, 0.6) is 0 Å². The second-order valence-corrected chi connectivity index (χ2v) is 4.74. The Labute approximate surface area is 111 Å². The van der Waals surface area contributed by atoms with Gasteiger partial charge in [0.1, 0.15) is 0 Å². The van der Waals surface area contributed by atoms with Crippen LogP contribution in [0.4, 0.5) is 8.78 Å². The van der Waals surface area contributed by atoms with E-state index in [4.69, 9.17) is 0 Å². The minimum atomic E-state index is -0.808. The maximum atomic E-state index is 13.0. The minimum absolute atomic E-state index is 0.430. The maximum absolute atomic E-state index is 13.0. The van der Waals surface area contributed by atoms with Gasteiger partial charge >= 0.3 is 0 Å². The SMILES string of the molecule is CC(CNCc1ccc(F)c(F)c1)Cn1ccnc1. The van der Waals surface area contributed by atoms with Crippen molar-refractivity contribution in [2.24, 2.45) is 5.92 Å². The Hall–Kier alpha value is -1.75. The average molecular weight is 265 g/mol. The predicted octanol–water partition coefficient (Wildman–Crippen LogP) is 2.59. The van der Waals surface area contributed by atoms with E-state index in [1.807, 2.05) is 10.8 Å². The van der Waals surface area contributed by atoms with Crippen LogP contribution in [0, 0.1) is 17.6 Å². The van der Waals surface area contributed by atoms with Crippen LogP contribution in [0.2, 0.25) is 0 Å². The fourth-order valence-corrected chi connectivity index (χ4v) is 1.93. The molecule has 1 N–H and O–H groups in total. The number of benzene rings is 1. The molecule has 0 saturated heterocycles. The second kappa shape index (κ2) is 6.43. The number of hydrogen-bond donors (Lipinski definition) is 1. The van der Waals surface area contributed by atoms with E-state index in [9.17, 15) is 8.78 Å². The summed E-state index contributed by atoms with van der Waals surface area (Å²) in [5.74, 6) is -1.18. The van der Waals surface area contributed by atoms with Gasteiger partial charge < -0.3 is 9.88 Å². The molecular weight excluding hydrogens is 248 g/mol. The number of imidazole rings is 1. The lowest BCUT2D eigenvalue weighted by atomic mass is 10.1. The highest BCUT2D eigenvalue weighted by atomic mass is 19.2. The van der Waals surface area contributed by atoms with Crippen LogP contribution in [0.1, 0.15) is 12.5 Å². The molecule has 0 amide bonds. The summed E-state index contributed by atoms with van der Waals surface area (Å²) in [5, 5.41) is 3.24. The van der Waals surface area contributed by atoms with E-state index in [2.05, 4.69) is 17.2 Å². The third-order valence-electron chi connectivity index (χ3n) is 2.89. The van der Waals surface area contributed by atoms with Gasteiger partial charge in [0.2, 0.25) is 0 Å². The molecule has 2 aromatic rings. The molecule has 19 heavy (non-hydrogen) atoms. The molecule has 0 saturated carbocycles. The van der Waals surface area contributed by atoms with E-state index < -0.39 is 11.6 Å². The molecule has 0 bridgehead atoms. The standard InChI is InChI=1S/C14H17F2N3/c1-11(9-19-5-4-17-10-19)7-18-8-12-2-3-13(15)14(16)6-12/h2-6,10-11,18H,7-9H2,1H3. The van der Waals surface area contributed by atoms with E-state index in [-0.39, 0.29) is 0 Å². The zero-order chi connectivity index (χ0) is 13.7. The summed E-state index contributed by atoms with van der Waals surface area (Å²) >= 11 is 0. The Morgan fingerprint density at radius 2 is 2.16 bits per heavy atom. The van der Waals surface area contributed by atoms with Gasteiger partial charge in [-0.25, -0.2) is 13.8 Å². The van der Waals surface area contributed by atoms with Crippen molar-refractivity contribution in [3.05, 3.63) is 54.1 Å². The molecule has 2 rings (SSSR count). The lowest BCUT2D eigenvalue weighted by Crippen LogP contribution is -2.23. The largest absolute Gasteiger partial charge is 0.337 e. The first kappa shape index (κ1) is 13.7. The Bertz CT molecular complexity index is 511. The molecule has 0 aliphatic heterocycles. The van der Waals surface area contributed by atoms with Crippen molar-refractivity contribution in [2.75, 3.05) is 6.54 Å². The van der Waals surface area contributed by atoms with Gasteiger partial charge in [0.25, 0.3) is 0 Å². The Kier molecular flexibility index (Phi) is 4.63. The highest BCUT2D eigenvalue weighted by Crippen LogP contribution is 2.08. The van der Waals surface area contributed by atoms with Crippen LogP contribution in [0.3, 0.4) is 0 Å². The number of aromatic nitrogens is 2. The van der Waals surface area contributed by atoms with Gasteiger partial charge in [-0.15, -0.1) is 0 Å².